The van der Waals surface area contributed by atoms with Gasteiger partial charge in [0.05, 0.1) is 39.4 Å². The molecule has 1 atom stereocenters. The number of nitro groups is 1. The topological polar surface area (TPSA) is 110 Å². The third kappa shape index (κ3) is 5.23. The maximum atomic E-state index is 13.7. The van der Waals surface area contributed by atoms with Crippen LogP contribution in [0.25, 0.3) is 0 Å². The fourth-order valence-electron chi connectivity index (χ4n) is 4.43. The van der Waals surface area contributed by atoms with E-state index in [0.717, 1.165) is 11.1 Å². The predicted molar refractivity (Wildman–Crippen MR) is 135 cm³/mol. The number of methoxy groups -OCH3 is 4. The van der Waals surface area contributed by atoms with Crippen molar-refractivity contribution in [3.8, 4) is 28.7 Å². The molecule has 0 spiro atoms. The maximum Gasteiger partial charge on any atom is 0.269 e. The Balaban J connectivity index is 1.69. The van der Waals surface area contributed by atoms with E-state index in [9.17, 15) is 14.9 Å². The zero-order chi connectivity index (χ0) is 26.5. The van der Waals surface area contributed by atoms with Crippen LogP contribution in [-0.2, 0) is 6.42 Å². The lowest BCUT2D eigenvalue weighted by Crippen LogP contribution is -2.42. The lowest BCUT2D eigenvalue weighted by atomic mass is 9.91. The lowest BCUT2D eigenvalue weighted by molar-refractivity contribution is -0.384. The number of ether oxygens (including phenoxy) is 5. The Morgan fingerprint density at radius 1 is 0.892 bits per heavy atom. The summed E-state index contributed by atoms with van der Waals surface area (Å²) in [6, 6.07) is 14.2. The van der Waals surface area contributed by atoms with Crippen molar-refractivity contribution in [2.24, 2.45) is 0 Å². The summed E-state index contributed by atoms with van der Waals surface area (Å²) in [5, 5.41) is 11.0. The van der Waals surface area contributed by atoms with Gasteiger partial charge in [0.2, 0.25) is 0 Å². The van der Waals surface area contributed by atoms with Gasteiger partial charge in [-0.3, -0.25) is 14.9 Å². The van der Waals surface area contributed by atoms with Gasteiger partial charge in [0.25, 0.3) is 11.6 Å². The zero-order valence-electron chi connectivity index (χ0n) is 21.1. The van der Waals surface area contributed by atoms with Gasteiger partial charge in [-0.05, 0) is 60.0 Å². The third-order valence-electron chi connectivity index (χ3n) is 6.35. The average Bonchev–Trinajstić information content (AvgIpc) is 2.94. The SMILES string of the molecule is COc1ccc(C(=O)N2CCc3cc(OC)c(OC)cc3C2COc2ccc([N+](=O)[O-])cc2)cc1OC. The van der Waals surface area contributed by atoms with Crippen molar-refractivity contribution < 1.29 is 33.4 Å². The first-order valence-electron chi connectivity index (χ1n) is 11.5. The van der Waals surface area contributed by atoms with Gasteiger partial charge in [0, 0.05) is 24.2 Å². The molecule has 4 rings (SSSR count). The van der Waals surface area contributed by atoms with Crippen LogP contribution in [0.3, 0.4) is 0 Å². The highest BCUT2D eigenvalue weighted by Gasteiger charge is 2.33. The monoisotopic (exact) mass is 508 g/mol. The number of nitro benzene ring substituents is 1. The van der Waals surface area contributed by atoms with Crippen LogP contribution in [0.15, 0.2) is 54.6 Å². The first kappa shape index (κ1) is 25.6. The predicted octanol–water partition coefficient (Wildman–Crippen LogP) is 4.45. The van der Waals surface area contributed by atoms with E-state index in [1.54, 1.807) is 37.3 Å². The van der Waals surface area contributed by atoms with E-state index in [0.29, 0.717) is 47.3 Å². The van der Waals surface area contributed by atoms with Gasteiger partial charge in [0.15, 0.2) is 23.0 Å². The Morgan fingerprint density at radius 3 is 2.14 bits per heavy atom. The summed E-state index contributed by atoms with van der Waals surface area (Å²) in [4.78, 5) is 26.0. The van der Waals surface area contributed by atoms with Gasteiger partial charge in [-0.1, -0.05) is 0 Å². The Bertz CT molecular complexity index is 1290. The summed E-state index contributed by atoms with van der Waals surface area (Å²) in [7, 11) is 6.19. The number of non-ortho nitro benzene ring substituents is 1. The molecule has 0 radical (unpaired) electrons. The third-order valence-corrected chi connectivity index (χ3v) is 6.35. The molecule has 37 heavy (non-hydrogen) atoms. The molecule has 1 unspecified atom stereocenters. The van der Waals surface area contributed by atoms with E-state index >= 15 is 0 Å². The van der Waals surface area contributed by atoms with E-state index in [2.05, 4.69) is 0 Å². The van der Waals surface area contributed by atoms with E-state index in [-0.39, 0.29) is 18.2 Å². The standard InChI is InChI=1S/C27H28N2O8/c1-33-23-10-5-18(14-24(23)34-2)27(30)28-12-11-17-13-25(35-3)26(36-4)15-21(17)22(28)16-37-20-8-6-19(7-9-20)29(31)32/h5-10,13-15,22H,11-12,16H2,1-4H3. The molecule has 0 bridgehead atoms. The van der Waals surface area contributed by atoms with Gasteiger partial charge in [0.1, 0.15) is 12.4 Å². The molecule has 10 nitrogen and oxygen atoms in total. The Morgan fingerprint density at radius 2 is 1.51 bits per heavy atom. The average molecular weight is 509 g/mol. The molecule has 10 heteroatoms. The Labute approximate surface area is 214 Å². The highest BCUT2D eigenvalue weighted by atomic mass is 16.6. The van der Waals surface area contributed by atoms with Gasteiger partial charge < -0.3 is 28.6 Å². The number of hydrogen-bond donors (Lipinski definition) is 0. The van der Waals surface area contributed by atoms with Crippen molar-refractivity contribution in [2.45, 2.75) is 12.5 Å². The fraction of sp³-hybridized carbons (Fsp3) is 0.296. The molecule has 3 aromatic rings. The minimum absolute atomic E-state index is 0.0301. The lowest BCUT2D eigenvalue weighted by Gasteiger charge is -2.37. The van der Waals surface area contributed by atoms with Crippen LogP contribution in [0.2, 0.25) is 0 Å². The molecular weight excluding hydrogens is 480 g/mol. The summed E-state index contributed by atoms with van der Waals surface area (Å²) in [5.41, 5.74) is 2.31. The molecule has 1 heterocycles. The molecule has 3 aromatic carbocycles. The fourth-order valence-corrected chi connectivity index (χ4v) is 4.43. The maximum absolute atomic E-state index is 13.7. The molecule has 0 aliphatic carbocycles. The van der Waals surface area contributed by atoms with Crippen LogP contribution in [-0.4, -0.2) is 57.3 Å². The van der Waals surface area contributed by atoms with Gasteiger partial charge in [-0.15, -0.1) is 0 Å². The van der Waals surface area contributed by atoms with Crippen LogP contribution < -0.4 is 23.7 Å². The Kier molecular flexibility index (Phi) is 7.66. The second-order valence-electron chi connectivity index (χ2n) is 8.30. The molecule has 1 aliphatic rings. The smallest absolute Gasteiger partial charge is 0.269 e. The van der Waals surface area contributed by atoms with Crippen LogP contribution in [0.5, 0.6) is 28.7 Å². The van der Waals surface area contributed by atoms with Crippen LogP contribution >= 0.6 is 0 Å². The highest BCUT2D eigenvalue weighted by molar-refractivity contribution is 5.95. The van der Waals surface area contributed by atoms with Gasteiger partial charge >= 0.3 is 0 Å². The number of carbonyl (C=O) groups is 1. The largest absolute Gasteiger partial charge is 0.493 e. The summed E-state index contributed by atoms with van der Waals surface area (Å²) in [6.45, 7) is 0.573. The van der Waals surface area contributed by atoms with Crippen molar-refractivity contribution in [1.29, 1.82) is 0 Å². The van der Waals surface area contributed by atoms with Crippen molar-refractivity contribution in [3.05, 3.63) is 81.4 Å². The summed E-state index contributed by atoms with van der Waals surface area (Å²) in [5.74, 6) is 2.39. The molecule has 0 fully saturated rings. The highest BCUT2D eigenvalue weighted by Crippen LogP contribution is 2.39. The van der Waals surface area contributed by atoms with Crippen molar-refractivity contribution >= 4 is 11.6 Å². The summed E-state index contributed by atoms with van der Waals surface area (Å²) >= 11 is 0. The van der Waals surface area contributed by atoms with Crippen LogP contribution in [0.4, 0.5) is 5.69 Å². The zero-order valence-corrected chi connectivity index (χ0v) is 21.1. The number of amides is 1. The second kappa shape index (κ2) is 11.1. The molecule has 0 saturated carbocycles. The minimum atomic E-state index is -0.468. The normalized spacial score (nSPS) is 14.4. The first-order chi connectivity index (χ1) is 17.9. The second-order valence-corrected chi connectivity index (χ2v) is 8.30. The van der Waals surface area contributed by atoms with Gasteiger partial charge in [-0.2, -0.15) is 0 Å². The summed E-state index contributed by atoms with van der Waals surface area (Å²) in [6.07, 6.45) is 0.614. The summed E-state index contributed by atoms with van der Waals surface area (Å²) < 4.78 is 27.7. The van der Waals surface area contributed by atoms with Crippen molar-refractivity contribution in [1.82, 2.24) is 4.90 Å². The van der Waals surface area contributed by atoms with Crippen LogP contribution in [0.1, 0.15) is 27.5 Å². The van der Waals surface area contributed by atoms with E-state index < -0.39 is 11.0 Å². The number of nitrogens with zero attached hydrogens (tertiary/aromatic N) is 2. The van der Waals surface area contributed by atoms with Crippen molar-refractivity contribution in [3.63, 3.8) is 0 Å². The molecular formula is C27H28N2O8. The van der Waals surface area contributed by atoms with Crippen LogP contribution in [0, 0.1) is 10.1 Å². The van der Waals surface area contributed by atoms with E-state index in [1.165, 1.54) is 38.5 Å². The molecule has 0 aromatic heterocycles. The number of carbonyl (C=O) groups excluding carboxylic acids is 1. The van der Waals surface area contributed by atoms with Gasteiger partial charge in [-0.25, -0.2) is 0 Å². The molecule has 1 aliphatic heterocycles. The molecule has 0 saturated heterocycles. The Hall–Kier alpha value is -4.47. The quantitative estimate of drug-likeness (QED) is 0.308. The van der Waals surface area contributed by atoms with Crippen molar-refractivity contribution in [2.75, 3.05) is 41.6 Å². The molecule has 0 N–H and O–H groups in total. The number of fused-ring (bicyclic) bond motifs is 1. The number of rotatable bonds is 9. The molecule has 194 valence electrons. The number of hydrogen-bond acceptors (Lipinski definition) is 8. The minimum Gasteiger partial charge on any atom is -0.493 e. The molecule has 1 amide bonds. The van der Waals surface area contributed by atoms with E-state index in [4.69, 9.17) is 23.7 Å². The number of benzene rings is 3. The first-order valence-corrected chi connectivity index (χ1v) is 11.5. The van der Waals surface area contributed by atoms with E-state index in [1.807, 2.05) is 12.1 Å².